The summed E-state index contributed by atoms with van der Waals surface area (Å²) >= 11 is 0. The van der Waals surface area contributed by atoms with Crippen LogP contribution in [0.2, 0.25) is 0 Å². The summed E-state index contributed by atoms with van der Waals surface area (Å²) in [5, 5.41) is 2.44. The van der Waals surface area contributed by atoms with E-state index in [4.69, 9.17) is 0 Å². The minimum absolute atomic E-state index is 0.0215. The van der Waals surface area contributed by atoms with Crippen LogP contribution in [0.25, 0.3) is 0 Å². The number of imidazole rings is 1. The number of piperidine rings is 2. The zero-order chi connectivity index (χ0) is 23.5. The second kappa shape index (κ2) is 9.97. The molecule has 3 aliphatic heterocycles. The third-order valence-electron chi connectivity index (χ3n) is 7.40. The number of anilines is 1. The molecule has 0 spiro atoms. The first kappa shape index (κ1) is 22.6. The van der Waals surface area contributed by atoms with Crippen molar-refractivity contribution in [2.24, 2.45) is 5.92 Å². The molecule has 0 radical (unpaired) electrons. The standard InChI is InChI=1S/C25H32N6O3/c32-23-6-5-22(24(33)27-23)20-1-3-21(4-2-20)29-15-13-28(14-16-29)17-19-7-10-30(11-8-19)25(34)31-12-9-26-18-31/h1-4,9,12,18-19,22H,5-8,10-11,13-17H2,(H,27,32,33). The molecule has 0 bridgehead atoms. The van der Waals surface area contributed by atoms with Gasteiger partial charge in [0, 0.05) is 70.3 Å². The lowest BCUT2D eigenvalue weighted by Gasteiger charge is -2.39. The summed E-state index contributed by atoms with van der Waals surface area (Å²) in [5.74, 6) is 0.0373. The van der Waals surface area contributed by atoms with Crippen LogP contribution < -0.4 is 10.2 Å². The van der Waals surface area contributed by atoms with E-state index in [1.807, 2.05) is 17.0 Å². The minimum Gasteiger partial charge on any atom is -0.369 e. The first-order valence-corrected chi connectivity index (χ1v) is 12.2. The predicted molar refractivity (Wildman–Crippen MR) is 128 cm³/mol. The van der Waals surface area contributed by atoms with Gasteiger partial charge in [-0.1, -0.05) is 12.1 Å². The predicted octanol–water partition coefficient (Wildman–Crippen LogP) is 1.91. The molecule has 2 aromatic rings. The van der Waals surface area contributed by atoms with E-state index in [2.05, 4.69) is 32.2 Å². The van der Waals surface area contributed by atoms with Crippen molar-refractivity contribution in [1.82, 2.24) is 24.7 Å². The molecule has 1 N–H and O–H groups in total. The number of piperazine rings is 1. The quantitative estimate of drug-likeness (QED) is 0.695. The fourth-order valence-electron chi connectivity index (χ4n) is 5.33. The molecule has 0 aliphatic carbocycles. The zero-order valence-corrected chi connectivity index (χ0v) is 19.4. The van der Waals surface area contributed by atoms with Crippen LogP contribution in [0.4, 0.5) is 10.5 Å². The van der Waals surface area contributed by atoms with Crippen LogP contribution in [-0.2, 0) is 9.59 Å². The Kier molecular flexibility index (Phi) is 6.62. The molecule has 1 unspecified atom stereocenters. The van der Waals surface area contributed by atoms with Crippen LogP contribution in [0.5, 0.6) is 0 Å². The highest BCUT2D eigenvalue weighted by Gasteiger charge is 2.29. The number of nitrogens with one attached hydrogen (secondary N) is 1. The van der Waals surface area contributed by atoms with E-state index in [0.717, 1.165) is 64.2 Å². The van der Waals surface area contributed by atoms with Crippen molar-refractivity contribution in [2.45, 2.75) is 31.6 Å². The molecule has 3 saturated heterocycles. The molecule has 180 valence electrons. The Hall–Kier alpha value is -3.20. The van der Waals surface area contributed by atoms with E-state index in [-0.39, 0.29) is 23.8 Å². The average molecular weight is 465 g/mol. The smallest absolute Gasteiger partial charge is 0.329 e. The highest BCUT2D eigenvalue weighted by molar-refractivity contribution is 6.00. The lowest BCUT2D eigenvalue weighted by atomic mass is 9.90. The minimum atomic E-state index is -0.231. The molecule has 1 atom stereocenters. The molecule has 9 heteroatoms. The third-order valence-corrected chi connectivity index (χ3v) is 7.40. The van der Waals surface area contributed by atoms with Gasteiger partial charge in [0.25, 0.3) is 0 Å². The Balaban J connectivity index is 1.07. The normalized spacial score (nSPS) is 22.6. The number of carbonyl (C=O) groups is 3. The van der Waals surface area contributed by atoms with E-state index >= 15 is 0 Å². The fourth-order valence-corrected chi connectivity index (χ4v) is 5.33. The number of rotatable bonds is 4. The number of imide groups is 1. The van der Waals surface area contributed by atoms with E-state index in [9.17, 15) is 14.4 Å². The van der Waals surface area contributed by atoms with Gasteiger partial charge >= 0.3 is 6.03 Å². The number of amides is 3. The van der Waals surface area contributed by atoms with Crippen molar-refractivity contribution in [3.8, 4) is 0 Å². The average Bonchev–Trinajstić information content (AvgIpc) is 3.40. The summed E-state index contributed by atoms with van der Waals surface area (Å²) in [6, 6.07) is 8.28. The molecular formula is C25H32N6O3. The molecular weight excluding hydrogens is 432 g/mol. The molecule has 9 nitrogen and oxygen atoms in total. The van der Waals surface area contributed by atoms with E-state index in [1.54, 1.807) is 23.3 Å². The van der Waals surface area contributed by atoms with Gasteiger partial charge < -0.3 is 9.80 Å². The van der Waals surface area contributed by atoms with Gasteiger partial charge in [0.15, 0.2) is 0 Å². The van der Waals surface area contributed by atoms with Gasteiger partial charge in [0.2, 0.25) is 11.8 Å². The summed E-state index contributed by atoms with van der Waals surface area (Å²) in [7, 11) is 0. The Morgan fingerprint density at radius 1 is 0.971 bits per heavy atom. The molecule has 5 rings (SSSR count). The molecule has 1 aromatic heterocycles. The van der Waals surface area contributed by atoms with Gasteiger partial charge in [0.1, 0.15) is 6.33 Å². The fraction of sp³-hybridized carbons (Fsp3) is 0.520. The van der Waals surface area contributed by atoms with Crippen LogP contribution in [0.3, 0.4) is 0 Å². The van der Waals surface area contributed by atoms with Crippen molar-refractivity contribution < 1.29 is 14.4 Å². The topological polar surface area (TPSA) is 90.8 Å². The molecule has 3 aliphatic rings. The SMILES string of the molecule is O=C1CCC(c2ccc(N3CCN(CC4CCN(C(=O)n5ccnc5)CC4)CC3)cc2)C(=O)N1. The second-order valence-electron chi connectivity index (χ2n) is 9.57. The number of nitrogens with zero attached hydrogens (tertiary/aromatic N) is 5. The number of aromatic nitrogens is 2. The third kappa shape index (κ3) is 4.99. The van der Waals surface area contributed by atoms with Crippen LogP contribution in [0.15, 0.2) is 43.0 Å². The number of hydrogen-bond donors (Lipinski definition) is 1. The van der Waals surface area contributed by atoms with Gasteiger partial charge in [-0.05, 0) is 42.9 Å². The summed E-state index contributed by atoms with van der Waals surface area (Å²) in [6.45, 7) is 6.73. The van der Waals surface area contributed by atoms with Crippen LogP contribution in [0.1, 0.15) is 37.2 Å². The van der Waals surface area contributed by atoms with Crippen molar-refractivity contribution in [2.75, 3.05) is 50.7 Å². The van der Waals surface area contributed by atoms with E-state index in [1.165, 1.54) is 5.69 Å². The van der Waals surface area contributed by atoms with Crippen LogP contribution in [0, 0.1) is 5.92 Å². The van der Waals surface area contributed by atoms with E-state index in [0.29, 0.717) is 18.8 Å². The molecule has 34 heavy (non-hydrogen) atoms. The number of hydrogen-bond acceptors (Lipinski definition) is 6. The lowest BCUT2D eigenvalue weighted by molar-refractivity contribution is -0.134. The van der Waals surface area contributed by atoms with Gasteiger partial charge in [-0.3, -0.25) is 24.4 Å². The van der Waals surface area contributed by atoms with Gasteiger partial charge in [0.05, 0.1) is 5.92 Å². The summed E-state index contributed by atoms with van der Waals surface area (Å²) in [6.07, 6.45) is 7.98. The van der Waals surface area contributed by atoms with Crippen molar-refractivity contribution in [1.29, 1.82) is 0 Å². The lowest BCUT2D eigenvalue weighted by Crippen LogP contribution is -2.49. The van der Waals surface area contributed by atoms with Crippen molar-refractivity contribution in [3.63, 3.8) is 0 Å². The number of carbonyl (C=O) groups excluding carboxylic acids is 3. The van der Waals surface area contributed by atoms with Crippen LogP contribution in [-0.4, -0.2) is 83.0 Å². The number of likely N-dealkylation sites (tertiary alicyclic amines) is 1. The Morgan fingerprint density at radius 2 is 1.71 bits per heavy atom. The molecule has 0 saturated carbocycles. The zero-order valence-electron chi connectivity index (χ0n) is 19.4. The Morgan fingerprint density at radius 3 is 2.35 bits per heavy atom. The molecule has 1 aromatic carbocycles. The number of benzene rings is 1. The summed E-state index contributed by atoms with van der Waals surface area (Å²) in [4.78, 5) is 46.8. The van der Waals surface area contributed by atoms with Gasteiger partial charge in [-0.15, -0.1) is 0 Å². The van der Waals surface area contributed by atoms with Crippen molar-refractivity contribution in [3.05, 3.63) is 48.5 Å². The molecule has 3 fully saturated rings. The monoisotopic (exact) mass is 464 g/mol. The molecule has 4 heterocycles. The first-order chi connectivity index (χ1) is 16.6. The van der Waals surface area contributed by atoms with Gasteiger partial charge in [-0.25, -0.2) is 9.78 Å². The van der Waals surface area contributed by atoms with E-state index < -0.39 is 0 Å². The summed E-state index contributed by atoms with van der Waals surface area (Å²) in [5.41, 5.74) is 2.16. The maximum absolute atomic E-state index is 12.5. The van der Waals surface area contributed by atoms with Gasteiger partial charge in [-0.2, -0.15) is 0 Å². The summed E-state index contributed by atoms with van der Waals surface area (Å²) < 4.78 is 1.55. The largest absolute Gasteiger partial charge is 0.369 e. The highest BCUT2D eigenvalue weighted by atomic mass is 16.2. The Bertz CT molecular complexity index is 1010. The maximum Gasteiger partial charge on any atom is 0.329 e. The Labute approximate surface area is 199 Å². The highest BCUT2D eigenvalue weighted by Crippen LogP contribution is 2.27. The van der Waals surface area contributed by atoms with Crippen molar-refractivity contribution >= 4 is 23.5 Å². The van der Waals surface area contributed by atoms with Crippen LogP contribution >= 0.6 is 0 Å². The molecule has 3 amide bonds. The maximum atomic E-state index is 12.5. The first-order valence-electron chi connectivity index (χ1n) is 12.2. The second-order valence-corrected chi connectivity index (χ2v) is 9.57.